The molecule has 27 heavy (non-hydrogen) atoms. The molecular formula is C22H30N2O3. The third-order valence-electron chi connectivity index (χ3n) is 6.42. The number of hydrogen-bond acceptors (Lipinski definition) is 4. The molecule has 1 aliphatic rings. The predicted octanol–water partition coefficient (Wildman–Crippen LogP) is 4.49. The Hall–Kier alpha value is -2.14. The minimum Gasteiger partial charge on any atom is -0.481 e. The van der Waals surface area contributed by atoms with E-state index in [4.69, 9.17) is 14.5 Å². The number of nitrogens with zero attached hydrogens (tertiary/aromatic N) is 2. The molecule has 2 heterocycles. The summed E-state index contributed by atoms with van der Waals surface area (Å²) in [5.41, 5.74) is 8.43. The molecule has 1 fully saturated rings. The second-order valence-corrected chi connectivity index (χ2v) is 7.91. The number of aryl methyl sites for hydroxylation is 1. The van der Waals surface area contributed by atoms with Gasteiger partial charge in [-0.2, -0.15) is 0 Å². The van der Waals surface area contributed by atoms with Crippen molar-refractivity contribution in [3.63, 3.8) is 0 Å². The van der Waals surface area contributed by atoms with Crippen LogP contribution in [0.5, 0.6) is 0 Å². The number of carboxylic acid groups (broad SMARTS) is 1. The highest BCUT2D eigenvalue weighted by Gasteiger charge is 2.26. The van der Waals surface area contributed by atoms with Crippen molar-refractivity contribution in [2.75, 3.05) is 13.1 Å². The molecule has 1 aromatic carbocycles. The number of benzene rings is 1. The third kappa shape index (κ3) is 3.65. The second-order valence-electron chi connectivity index (χ2n) is 7.91. The summed E-state index contributed by atoms with van der Waals surface area (Å²) in [4.78, 5) is 18.2. The van der Waals surface area contributed by atoms with Gasteiger partial charge in [0.2, 0.25) is 5.89 Å². The summed E-state index contributed by atoms with van der Waals surface area (Å²) >= 11 is 0. The van der Waals surface area contributed by atoms with E-state index in [2.05, 4.69) is 39.5 Å². The largest absolute Gasteiger partial charge is 0.481 e. The summed E-state index contributed by atoms with van der Waals surface area (Å²) in [6.07, 6.45) is 1.40. The molecule has 5 nitrogen and oxygen atoms in total. The summed E-state index contributed by atoms with van der Waals surface area (Å²) in [5, 5.41) is 9.16. The summed E-state index contributed by atoms with van der Waals surface area (Å²) in [6.45, 7) is 15.0. The van der Waals surface area contributed by atoms with Crippen molar-refractivity contribution in [2.24, 2.45) is 5.92 Å². The summed E-state index contributed by atoms with van der Waals surface area (Å²) in [5.74, 6) is 0.661. The third-order valence-corrected chi connectivity index (χ3v) is 6.42. The first kappa shape index (κ1) is 19.6. The maximum Gasteiger partial charge on any atom is 0.306 e. The van der Waals surface area contributed by atoms with E-state index in [9.17, 15) is 4.79 Å². The van der Waals surface area contributed by atoms with Crippen LogP contribution < -0.4 is 0 Å². The molecule has 146 valence electrons. The number of aliphatic carboxylic acids is 1. The number of carbonyl (C=O) groups is 1. The van der Waals surface area contributed by atoms with Crippen LogP contribution in [0.2, 0.25) is 0 Å². The van der Waals surface area contributed by atoms with Gasteiger partial charge in [-0.05, 0) is 95.3 Å². The fraction of sp³-hybridized carbons (Fsp3) is 0.545. The first-order chi connectivity index (χ1) is 12.7. The Bertz CT molecular complexity index is 845. The Morgan fingerprint density at radius 3 is 2.04 bits per heavy atom. The molecule has 0 unspecified atom stereocenters. The second kappa shape index (κ2) is 7.47. The molecule has 1 saturated heterocycles. The quantitative estimate of drug-likeness (QED) is 0.859. The number of piperidine rings is 1. The number of likely N-dealkylation sites (tertiary alicyclic amines) is 1. The number of oxazole rings is 1. The van der Waals surface area contributed by atoms with Gasteiger partial charge in [0.1, 0.15) is 5.76 Å². The van der Waals surface area contributed by atoms with Crippen LogP contribution in [0.3, 0.4) is 0 Å². The molecule has 0 spiro atoms. The topological polar surface area (TPSA) is 66.6 Å². The molecule has 5 heteroatoms. The van der Waals surface area contributed by atoms with E-state index in [-0.39, 0.29) is 5.92 Å². The zero-order valence-electron chi connectivity index (χ0n) is 17.3. The molecule has 0 atom stereocenters. The number of aromatic nitrogens is 1. The van der Waals surface area contributed by atoms with E-state index in [1.165, 1.54) is 27.8 Å². The Morgan fingerprint density at radius 2 is 1.52 bits per heavy atom. The molecule has 1 N–H and O–H groups in total. The Morgan fingerprint density at radius 1 is 1.00 bits per heavy atom. The van der Waals surface area contributed by atoms with Gasteiger partial charge in [0.25, 0.3) is 0 Å². The molecule has 0 bridgehead atoms. The minimum atomic E-state index is -0.675. The van der Waals surface area contributed by atoms with Crippen LogP contribution >= 0.6 is 0 Å². The maximum absolute atomic E-state index is 11.1. The van der Waals surface area contributed by atoms with Crippen LogP contribution in [-0.2, 0) is 11.3 Å². The summed E-state index contributed by atoms with van der Waals surface area (Å²) < 4.78 is 6.08. The molecule has 3 rings (SSSR count). The van der Waals surface area contributed by atoms with Gasteiger partial charge in [0.05, 0.1) is 11.6 Å². The van der Waals surface area contributed by atoms with Gasteiger partial charge in [-0.25, -0.2) is 4.98 Å². The van der Waals surface area contributed by atoms with Crippen molar-refractivity contribution in [3.05, 3.63) is 39.3 Å². The molecule has 0 saturated carbocycles. The van der Waals surface area contributed by atoms with Crippen LogP contribution in [0, 0.1) is 47.5 Å². The predicted molar refractivity (Wildman–Crippen MR) is 106 cm³/mol. The number of carboxylic acids is 1. The molecule has 1 aromatic heterocycles. The zero-order valence-corrected chi connectivity index (χ0v) is 17.3. The lowest BCUT2D eigenvalue weighted by molar-refractivity contribution is -0.143. The van der Waals surface area contributed by atoms with Crippen molar-refractivity contribution in [1.82, 2.24) is 9.88 Å². The minimum absolute atomic E-state index is 0.209. The molecule has 0 amide bonds. The van der Waals surface area contributed by atoms with Gasteiger partial charge in [-0.3, -0.25) is 9.69 Å². The average Bonchev–Trinajstić information content (AvgIpc) is 2.99. The lowest BCUT2D eigenvalue weighted by atomic mass is 9.89. The highest BCUT2D eigenvalue weighted by atomic mass is 16.4. The Kier molecular flexibility index (Phi) is 5.43. The van der Waals surface area contributed by atoms with E-state index in [1.54, 1.807) is 0 Å². The lowest BCUT2D eigenvalue weighted by Crippen LogP contribution is -2.36. The first-order valence-electron chi connectivity index (χ1n) is 9.69. The van der Waals surface area contributed by atoms with E-state index in [0.29, 0.717) is 25.3 Å². The van der Waals surface area contributed by atoms with E-state index in [0.717, 1.165) is 30.1 Å². The number of hydrogen-bond donors (Lipinski definition) is 1. The standard InChI is InChI=1S/C22H30N2O3/c1-12-13(2)15(4)20(16(5)14(12)3)21-23-19(17(6)27-21)11-24-9-7-18(8-10-24)22(25)26/h18H,7-11H2,1-6H3,(H,25,26). The molecule has 2 aromatic rings. The van der Waals surface area contributed by atoms with Gasteiger partial charge in [0, 0.05) is 12.1 Å². The van der Waals surface area contributed by atoms with Crippen molar-refractivity contribution < 1.29 is 14.3 Å². The van der Waals surface area contributed by atoms with Crippen molar-refractivity contribution in [3.8, 4) is 11.5 Å². The first-order valence-corrected chi connectivity index (χ1v) is 9.69. The van der Waals surface area contributed by atoms with Gasteiger partial charge < -0.3 is 9.52 Å². The monoisotopic (exact) mass is 370 g/mol. The van der Waals surface area contributed by atoms with Crippen LogP contribution in [0.1, 0.15) is 52.1 Å². The highest BCUT2D eigenvalue weighted by molar-refractivity contribution is 5.70. The van der Waals surface area contributed by atoms with Gasteiger partial charge in [0.15, 0.2) is 0 Å². The lowest BCUT2D eigenvalue weighted by Gasteiger charge is -2.29. The van der Waals surface area contributed by atoms with Crippen molar-refractivity contribution in [1.29, 1.82) is 0 Å². The van der Waals surface area contributed by atoms with Crippen molar-refractivity contribution in [2.45, 2.75) is 60.9 Å². The van der Waals surface area contributed by atoms with E-state index >= 15 is 0 Å². The highest BCUT2D eigenvalue weighted by Crippen LogP contribution is 2.34. The van der Waals surface area contributed by atoms with E-state index < -0.39 is 5.97 Å². The Labute approximate surface area is 161 Å². The van der Waals surface area contributed by atoms with Crippen LogP contribution in [0.25, 0.3) is 11.5 Å². The van der Waals surface area contributed by atoms with Gasteiger partial charge in [-0.1, -0.05) is 0 Å². The maximum atomic E-state index is 11.1. The average molecular weight is 370 g/mol. The van der Waals surface area contributed by atoms with Crippen molar-refractivity contribution >= 4 is 5.97 Å². The van der Waals surface area contributed by atoms with Crippen LogP contribution in [-0.4, -0.2) is 34.0 Å². The fourth-order valence-electron chi connectivity index (χ4n) is 4.05. The number of rotatable bonds is 4. The summed E-state index contributed by atoms with van der Waals surface area (Å²) in [6, 6.07) is 0. The van der Waals surface area contributed by atoms with Crippen LogP contribution in [0.4, 0.5) is 0 Å². The van der Waals surface area contributed by atoms with Crippen LogP contribution in [0.15, 0.2) is 4.42 Å². The zero-order chi connectivity index (χ0) is 19.9. The molecule has 0 aliphatic carbocycles. The Balaban J connectivity index is 1.85. The SMILES string of the molecule is Cc1oc(-c2c(C)c(C)c(C)c(C)c2C)nc1CN1CCC(C(=O)O)CC1. The van der Waals surface area contributed by atoms with E-state index in [1.807, 2.05) is 6.92 Å². The molecule has 1 aliphatic heterocycles. The fourth-order valence-corrected chi connectivity index (χ4v) is 4.05. The molecular weight excluding hydrogens is 340 g/mol. The normalized spacial score (nSPS) is 16.1. The van der Waals surface area contributed by atoms with Gasteiger partial charge in [-0.15, -0.1) is 0 Å². The smallest absolute Gasteiger partial charge is 0.306 e. The molecule has 0 radical (unpaired) electrons. The summed E-state index contributed by atoms with van der Waals surface area (Å²) in [7, 11) is 0. The van der Waals surface area contributed by atoms with Gasteiger partial charge >= 0.3 is 5.97 Å².